The van der Waals surface area contributed by atoms with Gasteiger partial charge >= 0.3 is 11.9 Å². The van der Waals surface area contributed by atoms with Gasteiger partial charge < -0.3 is 94.1 Å². The smallest absolute Gasteiger partial charge is 0.331 e. The molecule has 0 amide bonds. The molecule has 8 saturated carbocycles. The van der Waals surface area contributed by atoms with Crippen LogP contribution in [-0.2, 0) is 47.5 Å². The number of phenols is 2. The fraction of sp³-hybridized carbons (Fsp3) is 0.756. The number of aliphatic hydroxyl groups excluding tert-OH is 7. The summed E-state index contributed by atoms with van der Waals surface area (Å²) in [4.78, 5) is 23.6. The van der Waals surface area contributed by atoms with Gasteiger partial charge in [-0.05, 0) is 252 Å². The second-order valence-corrected chi connectivity index (χ2v) is 34.4. The van der Waals surface area contributed by atoms with Crippen molar-refractivity contribution in [3.63, 3.8) is 0 Å². The SMILES string of the molecule is CC/C(=C(/CC)c1ccc(O)cc1)c1ccc(O)cc1.C[C@H]1O[C@@H](O[C@H]2[C@@H](O)C[C@H](O[C@H]3[C@@H](O)C[C@H](O[C@H]4CC[C@@]5(C)[C@H](CC[C@@H]6[C@@H]5C[C@@H](O)[C@]5(C)[C@@H](C7=CC(=O)OC7)CC[C@]65O)C4)O[C@@H]3C)O[C@@H]2C)C[C@H](O)[C@@H]1O.C[C@]12CC[C@H](O)C[C@H]1CC[C@@H]1[C@@H]2C[C@@H](O)[C@]2(C)[C@@H](C3=CC(=O)OC3)CC[C@]12O. The summed E-state index contributed by atoms with van der Waals surface area (Å²) in [5.41, 5.74) is 3.42. The second-order valence-electron chi connectivity index (χ2n) is 34.4. The molecule has 8 aliphatic carbocycles. The first-order chi connectivity index (χ1) is 48.9. The average molecular weight is 1440 g/mol. The predicted molar refractivity (Wildman–Crippen MR) is 379 cm³/mol. The van der Waals surface area contributed by atoms with Crippen molar-refractivity contribution in [1.29, 1.82) is 0 Å². The molecule has 0 radical (unpaired) electrons. The highest BCUT2D eigenvalue weighted by molar-refractivity contribution is 5.91. The molecule has 103 heavy (non-hydrogen) atoms. The fourth-order valence-corrected chi connectivity index (χ4v) is 23.6. The molecule has 2 aromatic rings. The molecule has 15 rings (SSSR count). The van der Waals surface area contributed by atoms with Crippen LogP contribution in [0, 0.1) is 69.0 Å². The van der Waals surface area contributed by atoms with E-state index in [0.29, 0.717) is 50.0 Å². The second kappa shape index (κ2) is 29.9. The number of hydrogen-bond donors (Lipinski definition) is 11. The number of rotatable bonds is 12. The molecule has 5 heterocycles. The van der Waals surface area contributed by atoms with Crippen molar-refractivity contribution in [2.75, 3.05) is 13.2 Å². The lowest BCUT2D eigenvalue weighted by Gasteiger charge is -2.65. The first-order valence-corrected chi connectivity index (χ1v) is 39.1. The number of carbonyl (C=O) groups is 2. The average Bonchev–Trinajstić information content (AvgIpc) is 1.61. The highest BCUT2D eigenvalue weighted by Gasteiger charge is 2.73. The van der Waals surface area contributed by atoms with Crippen molar-refractivity contribution in [2.45, 2.75) is 307 Å². The van der Waals surface area contributed by atoms with Crippen molar-refractivity contribution < 1.29 is 104 Å². The van der Waals surface area contributed by atoms with Gasteiger partial charge in [-0.2, -0.15) is 0 Å². The van der Waals surface area contributed by atoms with Crippen molar-refractivity contribution in [1.82, 2.24) is 0 Å². The lowest BCUT2D eigenvalue weighted by atomic mass is 9.42. The number of fused-ring (bicyclic) bond motifs is 10. The topological polar surface area (TPSA) is 331 Å². The molecule has 30 atom stereocenters. The zero-order valence-corrected chi connectivity index (χ0v) is 61.9. The normalized spacial score (nSPS) is 47.2. The minimum absolute atomic E-state index is 0.00129. The Morgan fingerprint density at radius 1 is 0.466 bits per heavy atom. The number of cyclic esters (lactones) is 2. The molecule has 2 aromatic carbocycles. The third-order valence-electron chi connectivity index (χ3n) is 29.5. The first-order valence-electron chi connectivity index (χ1n) is 39.1. The Morgan fingerprint density at radius 2 is 0.874 bits per heavy atom. The molecule has 13 aliphatic rings. The lowest BCUT2D eigenvalue weighted by molar-refractivity contribution is -0.336. The van der Waals surface area contributed by atoms with Gasteiger partial charge in [0.05, 0.1) is 72.2 Å². The molecule has 572 valence electrons. The van der Waals surface area contributed by atoms with E-state index in [9.17, 15) is 65.8 Å². The van der Waals surface area contributed by atoms with Gasteiger partial charge in [0.15, 0.2) is 18.9 Å². The number of carbonyl (C=O) groups excluding carboxylic acids is 2. The molecular weight excluding hydrogens is 1320 g/mol. The zero-order valence-electron chi connectivity index (χ0n) is 61.9. The summed E-state index contributed by atoms with van der Waals surface area (Å²) < 4.78 is 47.2. The monoisotopic (exact) mass is 1440 g/mol. The molecule has 21 heteroatoms. The minimum Gasteiger partial charge on any atom is -0.508 e. The van der Waals surface area contributed by atoms with Crippen LogP contribution in [0.3, 0.4) is 0 Å². The summed E-state index contributed by atoms with van der Waals surface area (Å²) >= 11 is 0. The summed E-state index contributed by atoms with van der Waals surface area (Å²) in [6, 6.07) is 14.7. The summed E-state index contributed by atoms with van der Waals surface area (Å²) in [5, 5.41) is 119. The van der Waals surface area contributed by atoms with Crippen molar-refractivity contribution in [2.24, 2.45) is 69.0 Å². The van der Waals surface area contributed by atoms with Crippen LogP contribution in [-0.4, -0.2) is 191 Å². The maximum absolute atomic E-state index is 12.6. The Morgan fingerprint density at radius 3 is 1.28 bits per heavy atom. The molecule has 11 fully saturated rings. The Hall–Kier alpha value is -4.40. The van der Waals surface area contributed by atoms with Crippen LogP contribution in [0.1, 0.15) is 208 Å². The maximum atomic E-state index is 12.6. The van der Waals surface area contributed by atoms with Crippen molar-refractivity contribution in [3.05, 3.63) is 83.0 Å². The number of allylic oxidation sites excluding steroid dienone is 2. The number of phenolic OH excluding ortho intramolecular Hbond substituents is 2. The molecule has 5 aliphatic heterocycles. The van der Waals surface area contributed by atoms with Gasteiger partial charge in [-0.15, -0.1) is 0 Å². The fourth-order valence-electron chi connectivity index (χ4n) is 23.6. The van der Waals surface area contributed by atoms with Crippen LogP contribution in [0.25, 0.3) is 11.1 Å². The van der Waals surface area contributed by atoms with E-state index < -0.39 is 108 Å². The molecule has 0 unspecified atom stereocenters. The largest absolute Gasteiger partial charge is 0.508 e. The molecule has 0 spiro atoms. The van der Waals surface area contributed by atoms with Crippen molar-refractivity contribution >= 4 is 23.1 Å². The van der Waals surface area contributed by atoms with E-state index in [1.807, 2.05) is 45.0 Å². The maximum Gasteiger partial charge on any atom is 0.331 e. The number of ether oxygens (including phenoxy) is 8. The van der Waals surface area contributed by atoms with Crippen LogP contribution in [0.5, 0.6) is 11.5 Å². The minimum atomic E-state index is -1.01. The molecule has 0 bridgehead atoms. The summed E-state index contributed by atoms with van der Waals surface area (Å²) in [6.45, 7) is 18.9. The summed E-state index contributed by atoms with van der Waals surface area (Å²) in [5.74, 6) is 1.43. The molecule has 3 saturated heterocycles. The van der Waals surface area contributed by atoms with Gasteiger partial charge in [0.1, 0.15) is 43.0 Å². The van der Waals surface area contributed by atoms with Gasteiger partial charge in [-0.3, -0.25) is 0 Å². The number of esters is 2. The van der Waals surface area contributed by atoms with E-state index in [0.717, 1.165) is 112 Å². The lowest BCUT2D eigenvalue weighted by Crippen LogP contribution is -2.67. The van der Waals surface area contributed by atoms with E-state index in [1.165, 1.54) is 11.1 Å². The van der Waals surface area contributed by atoms with E-state index >= 15 is 0 Å². The van der Waals surface area contributed by atoms with Gasteiger partial charge in [0, 0.05) is 42.2 Å². The standard InChI is InChI=1S/C41H64O14.C23H34O5.C18H20O2/c1-19-36(47)28(42)15-34(50-19)54-38-21(3)52-35(17-30(38)44)55-37-20(2)51-33(16-29(37)43)53-24-8-10-39(4)23(13-24)6-7-26-27(39)14-31(45)40(5)25(9-11-41(26,40)48)22-12-32(46)49-18-22;1-21-7-5-15(24)10-14(21)3-4-17-18(21)11-19(25)22(2)16(6-8-23(17,22)27)13-9-20(26)28-12-13;1-3-17(13-5-9-15(19)10-6-13)18(4-2)14-7-11-16(20)12-8-14/h12,19-21,23-31,33-38,42-45,47-48H,6-11,13-18H2,1-5H3;9,14-19,24-25,27H,3-8,10-12H2,1-2H3;5-12,19-20H,3-4H2,1-2H3/b;;18-17+/t19-,20-,21-,23-,24+,25-,26-,27+,28+,29+,30+,31-,33+,34+,35+,36-,37-,38-,39+,40+,41+;14-,15+,16-,17-,18+,19-,21+,22+,23+;/m11./s1. The van der Waals surface area contributed by atoms with Gasteiger partial charge in [0.2, 0.25) is 0 Å². The Balaban J connectivity index is 0.000000162. The van der Waals surface area contributed by atoms with E-state index in [1.54, 1.807) is 50.3 Å². The Bertz CT molecular complexity index is 3340. The van der Waals surface area contributed by atoms with Gasteiger partial charge in [0.25, 0.3) is 0 Å². The van der Waals surface area contributed by atoms with E-state index in [-0.39, 0.29) is 102 Å². The third kappa shape index (κ3) is 13.9. The van der Waals surface area contributed by atoms with Gasteiger partial charge in [-0.25, -0.2) is 9.59 Å². The molecule has 0 aromatic heterocycles. The molecular formula is C82H118O21. The van der Waals surface area contributed by atoms with Gasteiger partial charge in [-0.1, -0.05) is 65.8 Å². The third-order valence-corrected chi connectivity index (χ3v) is 29.5. The highest BCUT2D eigenvalue weighted by atomic mass is 16.7. The summed E-state index contributed by atoms with van der Waals surface area (Å²) in [7, 11) is 0. The van der Waals surface area contributed by atoms with Crippen LogP contribution in [0.4, 0.5) is 0 Å². The first kappa shape index (κ1) is 76.8. The Kier molecular flexibility index (Phi) is 22.3. The predicted octanol–water partition coefficient (Wildman–Crippen LogP) is 9.62. The Labute approximate surface area is 607 Å². The number of aromatic hydroxyl groups is 2. The van der Waals surface area contributed by atoms with Crippen LogP contribution in [0.2, 0.25) is 0 Å². The molecule has 11 N–H and O–H groups in total. The molecule has 21 nitrogen and oxygen atoms in total. The van der Waals surface area contributed by atoms with E-state index in [2.05, 4.69) is 27.7 Å². The number of hydrogen-bond acceptors (Lipinski definition) is 21. The number of benzene rings is 2. The van der Waals surface area contributed by atoms with E-state index in [4.69, 9.17) is 37.9 Å². The van der Waals surface area contributed by atoms with Crippen LogP contribution < -0.4 is 0 Å². The quantitative estimate of drug-likeness (QED) is 0.0535. The van der Waals surface area contributed by atoms with Crippen LogP contribution in [0.15, 0.2) is 71.8 Å². The number of aliphatic hydroxyl groups is 9. The highest BCUT2D eigenvalue weighted by Crippen LogP contribution is 2.72. The van der Waals surface area contributed by atoms with Crippen molar-refractivity contribution in [3.8, 4) is 11.5 Å². The summed E-state index contributed by atoms with van der Waals surface area (Å²) in [6.07, 6.45) is 8.03. The van der Waals surface area contributed by atoms with Crippen LogP contribution >= 0.6 is 0 Å². The zero-order chi connectivity index (χ0) is 73.6.